The minimum Gasteiger partial charge on any atom is -0.388 e. The maximum atomic E-state index is 12.2. The van der Waals surface area contributed by atoms with Crippen LogP contribution in [0.2, 0.25) is 0 Å². The summed E-state index contributed by atoms with van der Waals surface area (Å²) < 4.78 is 6.77. The number of aliphatic hydroxyl groups excluding tert-OH is 2. The van der Waals surface area contributed by atoms with Crippen molar-refractivity contribution in [3.63, 3.8) is 0 Å². The number of ether oxygens (including phenoxy) is 1. The number of carbonyl (C=O) groups is 1. The predicted octanol–water partition coefficient (Wildman–Crippen LogP) is -0.0524. The number of aliphatic hydroxyl groups is 2. The van der Waals surface area contributed by atoms with E-state index in [0.29, 0.717) is 6.42 Å². The Labute approximate surface area is 151 Å². The first kappa shape index (κ1) is 20.8. The average Bonchev–Trinajstić information content (AvgIpc) is 2.80. The summed E-state index contributed by atoms with van der Waals surface area (Å²) in [6.45, 7) is 5.70. The highest BCUT2D eigenvalue weighted by molar-refractivity contribution is 7.72. The lowest BCUT2D eigenvalue weighted by atomic mass is 10.0. The van der Waals surface area contributed by atoms with Gasteiger partial charge in [-0.2, -0.15) is 0 Å². The van der Waals surface area contributed by atoms with Gasteiger partial charge in [-0.1, -0.05) is 6.92 Å². The van der Waals surface area contributed by atoms with Crippen molar-refractivity contribution in [1.82, 2.24) is 9.55 Å². The summed E-state index contributed by atoms with van der Waals surface area (Å²) in [6, 6.07) is 0. The van der Waals surface area contributed by atoms with E-state index in [-0.39, 0.29) is 11.3 Å². The summed E-state index contributed by atoms with van der Waals surface area (Å²) in [6.07, 6.45) is 2.36. The molecule has 8 nitrogen and oxygen atoms in total. The van der Waals surface area contributed by atoms with E-state index in [1.54, 1.807) is 6.92 Å². The topological polar surface area (TPSA) is 122 Å². The average molecular weight is 386 g/mol. The lowest BCUT2D eigenvalue weighted by Gasteiger charge is -2.19. The van der Waals surface area contributed by atoms with Crippen LogP contribution >= 0.6 is 6.89 Å². The van der Waals surface area contributed by atoms with Gasteiger partial charge in [0.25, 0.3) is 5.56 Å². The van der Waals surface area contributed by atoms with Gasteiger partial charge in [0.2, 0.25) is 0 Å². The van der Waals surface area contributed by atoms with Gasteiger partial charge in [0, 0.05) is 17.7 Å². The van der Waals surface area contributed by atoms with Crippen molar-refractivity contribution in [2.75, 3.05) is 19.5 Å². The quantitative estimate of drug-likeness (QED) is 0.589. The number of aromatic amines is 1. The van der Waals surface area contributed by atoms with Crippen molar-refractivity contribution in [3.8, 4) is 0 Å². The molecule has 2 rings (SSSR count). The van der Waals surface area contributed by atoms with E-state index < -0.39 is 48.6 Å². The molecular weight excluding hydrogens is 359 g/mol. The van der Waals surface area contributed by atoms with Crippen LogP contribution in [0.15, 0.2) is 15.8 Å². The minimum absolute atomic E-state index is 0.107. The number of ketones is 1. The zero-order valence-electron chi connectivity index (χ0n) is 15.5. The molecule has 26 heavy (non-hydrogen) atoms. The van der Waals surface area contributed by atoms with E-state index in [4.69, 9.17) is 4.74 Å². The second-order valence-electron chi connectivity index (χ2n) is 7.58. The van der Waals surface area contributed by atoms with E-state index in [1.165, 1.54) is 13.1 Å². The van der Waals surface area contributed by atoms with Crippen molar-refractivity contribution in [2.45, 2.75) is 50.7 Å². The summed E-state index contributed by atoms with van der Waals surface area (Å²) in [5, 5.41) is 20.6. The molecule has 9 heteroatoms. The molecule has 3 N–H and O–H groups in total. The first-order valence-electron chi connectivity index (χ1n) is 8.47. The molecule has 1 saturated heterocycles. The first-order chi connectivity index (χ1) is 11.9. The van der Waals surface area contributed by atoms with Crippen LogP contribution in [-0.4, -0.2) is 69.7 Å². The lowest BCUT2D eigenvalue weighted by molar-refractivity contribution is -0.118. The first-order valence-corrected chi connectivity index (χ1v) is 11.5. The fourth-order valence-electron chi connectivity index (χ4n) is 2.89. The van der Waals surface area contributed by atoms with Crippen LogP contribution in [0, 0.1) is 0 Å². The fraction of sp³-hybridized carbons (Fsp3) is 0.647. The molecular formula is C17H27N2O6P. The maximum Gasteiger partial charge on any atom is 0.330 e. The van der Waals surface area contributed by atoms with Gasteiger partial charge in [0.05, 0.1) is 6.10 Å². The van der Waals surface area contributed by atoms with E-state index in [2.05, 4.69) is 24.6 Å². The molecule has 0 aliphatic carbocycles. The van der Waals surface area contributed by atoms with Crippen molar-refractivity contribution < 1.29 is 19.7 Å². The molecule has 1 aromatic heterocycles. The zero-order valence-corrected chi connectivity index (χ0v) is 16.4. The SMILES string of the molecule is C=P(C)(C)CC[C@H]1O[C@@H](n2cc(C(C)C(C)=O)c(=O)[nH]c2=O)[C@H](O)[C@@H]1O. The van der Waals surface area contributed by atoms with E-state index in [9.17, 15) is 24.6 Å². The molecule has 0 spiro atoms. The molecule has 1 aromatic rings. The van der Waals surface area contributed by atoms with Gasteiger partial charge >= 0.3 is 5.69 Å². The van der Waals surface area contributed by atoms with Gasteiger partial charge in [0.15, 0.2) is 6.23 Å². The number of hydrogen-bond donors (Lipinski definition) is 3. The van der Waals surface area contributed by atoms with Crippen LogP contribution in [0.4, 0.5) is 0 Å². The van der Waals surface area contributed by atoms with Crippen LogP contribution in [0.1, 0.15) is 38.0 Å². The van der Waals surface area contributed by atoms with Crippen molar-refractivity contribution in [1.29, 1.82) is 0 Å². The highest BCUT2D eigenvalue weighted by Crippen LogP contribution is 2.39. The Kier molecular flexibility index (Phi) is 6.13. The van der Waals surface area contributed by atoms with E-state index in [0.717, 1.165) is 10.7 Å². The Morgan fingerprint density at radius 2 is 2.00 bits per heavy atom. The minimum atomic E-state index is -1.33. The molecule has 5 atom stereocenters. The number of nitrogens with zero attached hydrogens (tertiary/aromatic N) is 1. The van der Waals surface area contributed by atoms with Crippen molar-refractivity contribution in [3.05, 3.63) is 32.6 Å². The van der Waals surface area contributed by atoms with Gasteiger partial charge in [-0.05, 0) is 32.8 Å². The van der Waals surface area contributed by atoms with Crippen LogP contribution in [0.5, 0.6) is 0 Å². The third-order valence-corrected chi connectivity index (χ3v) is 6.17. The van der Waals surface area contributed by atoms with Gasteiger partial charge in [-0.15, -0.1) is 13.2 Å². The molecule has 0 aromatic carbocycles. The summed E-state index contributed by atoms with van der Waals surface area (Å²) in [5.74, 6) is -0.935. The Hall–Kier alpha value is -1.47. The van der Waals surface area contributed by atoms with Crippen molar-refractivity contribution >= 4 is 19.0 Å². The van der Waals surface area contributed by atoms with Gasteiger partial charge in [-0.3, -0.25) is 19.1 Å². The Balaban J connectivity index is 2.34. The van der Waals surface area contributed by atoms with Gasteiger partial charge < -0.3 is 14.9 Å². The fourth-order valence-corrected chi connectivity index (χ4v) is 3.85. The second kappa shape index (κ2) is 7.64. The monoisotopic (exact) mass is 386 g/mol. The smallest absolute Gasteiger partial charge is 0.330 e. The molecule has 0 radical (unpaired) electrons. The number of nitrogens with one attached hydrogen (secondary N) is 1. The molecule has 146 valence electrons. The standard InChI is InChI=1S/C17H27N2O6P/c1-9(10(2)20)11-8-19(17(24)18-15(11)23)16-14(22)13(21)12(25-16)6-7-26(3,4)5/h8-9,12-14,16,21-22H,3,6-7H2,1-2,4-5H3,(H,18,23,24)/t9?,12-,13-,14-,16-/m1/s1. The molecule has 2 heterocycles. The third kappa shape index (κ3) is 4.43. The molecule has 1 unspecified atom stereocenters. The molecule has 0 amide bonds. The van der Waals surface area contributed by atoms with E-state index in [1.807, 2.05) is 0 Å². The Morgan fingerprint density at radius 1 is 1.38 bits per heavy atom. The number of rotatable bonds is 6. The van der Waals surface area contributed by atoms with Crippen molar-refractivity contribution in [2.24, 2.45) is 0 Å². The summed E-state index contributed by atoms with van der Waals surface area (Å²) in [7, 11) is 0. The summed E-state index contributed by atoms with van der Waals surface area (Å²) >= 11 is 0. The van der Waals surface area contributed by atoms with Crippen LogP contribution < -0.4 is 11.2 Å². The normalized spacial score (nSPS) is 27.5. The molecule has 0 bridgehead atoms. The number of Topliss-reactive ketones (excluding diaryl/α,β-unsaturated/α-hetero) is 1. The summed E-state index contributed by atoms with van der Waals surface area (Å²) in [5.41, 5.74) is -1.31. The summed E-state index contributed by atoms with van der Waals surface area (Å²) in [4.78, 5) is 37.9. The largest absolute Gasteiger partial charge is 0.388 e. The number of carbonyl (C=O) groups excluding carboxylic acids is 1. The van der Waals surface area contributed by atoms with Crippen LogP contribution in [0.25, 0.3) is 0 Å². The van der Waals surface area contributed by atoms with Crippen LogP contribution in [-0.2, 0) is 9.53 Å². The predicted molar refractivity (Wildman–Crippen MR) is 102 cm³/mol. The Morgan fingerprint density at radius 3 is 2.54 bits per heavy atom. The number of H-pyrrole nitrogens is 1. The second-order valence-corrected chi connectivity index (χ2v) is 11.9. The van der Waals surface area contributed by atoms with Gasteiger partial charge in [0.1, 0.15) is 18.0 Å². The zero-order chi connectivity index (χ0) is 19.8. The molecule has 1 aliphatic heterocycles. The third-order valence-electron chi connectivity index (χ3n) is 4.70. The van der Waals surface area contributed by atoms with Gasteiger partial charge in [-0.25, -0.2) is 4.79 Å². The molecule has 1 aliphatic rings. The molecule has 0 saturated carbocycles. The van der Waals surface area contributed by atoms with Crippen LogP contribution in [0.3, 0.4) is 0 Å². The molecule has 1 fully saturated rings. The Bertz CT molecular complexity index is 838. The highest BCUT2D eigenvalue weighted by atomic mass is 31.2. The number of hydrogen-bond acceptors (Lipinski definition) is 6. The highest BCUT2D eigenvalue weighted by Gasteiger charge is 2.44. The maximum absolute atomic E-state index is 12.2. The number of aromatic nitrogens is 2. The lowest BCUT2D eigenvalue weighted by Crippen LogP contribution is -2.39. The van der Waals surface area contributed by atoms with E-state index >= 15 is 0 Å².